The smallest absolute Gasteiger partial charge is 0.315 e. The van der Waals surface area contributed by atoms with Crippen molar-refractivity contribution in [3.05, 3.63) is 51.2 Å². The van der Waals surface area contributed by atoms with Crippen molar-refractivity contribution >= 4 is 29.2 Å². The van der Waals surface area contributed by atoms with Crippen LogP contribution in [0.2, 0.25) is 5.02 Å². The monoisotopic (exact) mass is 392 g/mol. The lowest BCUT2D eigenvalue weighted by Crippen LogP contribution is -2.42. The van der Waals surface area contributed by atoms with Crippen LogP contribution in [0.3, 0.4) is 0 Å². The number of piperidine rings is 1. The zero-order chi connectivity index (χ0) is 19.6. The van der Waals surface area contributed by atoms with Gasteiger partial charge in [0, 0.05) is 35.2 Å². The van der Waals surface area contributed by atoms with E-state index in [1.54, 1.807) is 0 Å². The summed E-state index contributed by atoms with van der Waals surface area (Å²) in [6, 6.07) is 4.02. The molecule has 0 radical (unpaired) electrons. The average Bonchev–Trinajstić information content (AvgIpc) is 2.62. The Bertz CT molecular complexity index is 788. The normalized spacial score (nSPS) is 23.6. The fourth-order valence-corrected chi connectivity index (χ4v) is 4.07. The fourth-order valence-electron chi connectivity index (χ4n) is 3.81. The number of benzene rings is 1. The maximum Gasteiger partial charge on any atom is 0.315 e. The molecule has 2 unspecified atom stereocenters. The quantitative estimate of drug-likeness (QED) is 0.476. The summed E-state index contributed by atoms with van der Waals surface area (Å²) >= 11 is 6.26. The Balaban J connectivity index is 1.91. The van der Waals surface area contributed by atoms with E-state index < -0.39 is 22.7 Å². The van der Waals surface area contributed by atoms with Gasteiger partial charge in [0.25, 0.3) is 5.69 Å². The molecule has 2 atom stereocenters. The second-order valence-electron chi connectivity index (χ2n) is 7.02. The number of amides is 1. The highest BCUT2D eigenvalue weighted by Crippen LogP contribution is 2.41. The van der Waals surface area contributed by atoms with Crippen LogP contribution in [-0.4, -0.2) is 22.9 Å². The lowest BCUT2D eigenvalue weighted by Gasteiger charge is -2.34. The van der Waals surface area contributed by atoms with E-state index in [4.69, 9.17) is 16.3 Å². The minimum atomic E-state index is -0.830. The molecule has 144 valence electrons. The van der Waals surface area contributed by atoms with E-state index in [9.17, 15) is 19.7 Å². The van der Waals surface area contributed by atoms with Crippen molar-refractivity contribution in [2.45, 2.75) is 50.5 Å². The minimum absolute atomic E-state index is 0.0235. The molecule has 0 spiro atoms. The van der Waals surface area contributed by atoms with Crippen LogP contribution >= 0.6 is 11.6 Å². The van der Waals surface area contributed by atoms with Crippen LogP contribution < -0.4 is 5.32 Å². The number of non-ortho nitro benzene ring substituents is 1. The zero-order valence-corrected chi connectivity index (χ0v) is 15.5. The summed E-state index contributed by atoms with van der Waals surface area (Å²) in [6.07, 6.45) is 4.63. The third-order valence-corrected chi connectivity index (χ3v) is 5.51. The predicted molar refractivity (Wildman–Crippen MR) is 99.2 cm³/mol. The number of esters is 1. The van der Waals surface area contributed by atoms with Crippen LogP contribution in [0.15, 0.2) is 30.5 Å². The van der Waals surface area contributed by atoms with E-state index in [-0.39, 0.29) is 34.8 Å². The molecule has 1 N–H and O–H groups in total. The second-order valence-corrected chi connectivity index (χ2v) is 7.43. The minimum Gasteiger partial charge on any atom is -0.462 e. The first-order valence-corrected chi connectivity index (χ1v) is 9.37. The van der Waals surface area contributed by atoms with Crippen molar-refractivity contribution in [1.82, 2.24) is 5.32 Å². The number of carbonyl (C=O) groups excluding carboxylic acids is 2. The molecule has 1 saturated heterocycles. The van der Waals surface area contributed by atoms with Crippen molar-refractivity contribution in [2.24, 2.45) is 5.92 Å². The van der Waals surface area contributed by atoms with Gasteiger partial charge in [-0.25, -0.2) is 0 Å². The van der Waals surface area contributed by atoms with Crippen molar-refractivity contribution in [3.8, 4) is 0 Å². The van der Waals surface area contributed by atoms with Gasteiger partial charge in [-0.15, -0.1) is 0 Å². The lowest BCUT2D eigenvalue weighted by atomic mass is 9.79. The molecule has 1 aromatic rings. The van der Waals surface area contributed by atoms with Crippen LogP contribution in [0.5, 0.6) is 0 Å². The summed E-state index contributed by atoms with van der Waals surface area (Å²) < 4.78 is 5.68. The van der Waals surface area contributed by atoms with Gasteiger partial charge in [0.05, 0.1) is 4.92 Å². The SMILES string of the molecule is C=C1NC(=O)CC(c2cc([N+](=O)[O-])ccc2Cl)C1C(=O)OC1CCCCC1. The van der Waals surface area contributed by atoms with E-state index in [0.29, 0.717) is 5.56 Å². The first-order valence-electron chi connectivity index (χ1n) is 9.00. The standard InChI is InChI=1S/C19H21ClN2O5/c1-11-18(19(24)27-13-5-3-2-4-6-13)15(10-17(23)21-11)14-9-12(22(25)26)7-8-16(14)20/h7-9,13,15,18H,1-6,10H2,(H,21,23). The highest BCUT2D eigenvalue weighted by atomic mass is 35.5. The Morgan fingerprint density at radius 2 is 2.00 bits per heavy atom. The van der Waals surface area contributed by atoms with Gasteiger partial charge in [-0.1, -0.05) is 24.6 Å². The third kappa shape index (κ3) is 4.30. The van der Waals surface area contributed by atoms with Gasteiger partial charge in [0.15, 0.2) is 0 Å². The van der Waals surface area contributed by atoms with Crippen molar-refractivity contribution in [3.63, 3.8) is 0 Å². The van der Waals surface area contributed by atoms with Gasteiger partial charge in [-0.3, -0.25) is 19.7 Å². The van der Waals surface area contributed by atoms with E-state index >= 15 is 0 Å². The highest BCUT2D eigenvalue weighted by Gasteiger charge is 2.41. The Hall–Kier alpha value is -2.41. The first-order chi connectivity index (χ1) is 12.9. The number of nitro groups is 1. The van der Waals surface area contributed by atoms with Crippen LogP contribution in [0.25, 0.3) is 0 Å². The van der Waals surface area contributed by atoms with Crippen LogP contribution in [0.4, 0.5) is 5.69 Å². The van der Waals surface area contributed by atoms with E-state index in [0.717, 1.165) is 32.1 Å². The van der Waals surface area contributed by atoms with E-state index in [1.165, 1.54) is 18.2 Å². The molecule has 1 amide bonds. The van der Waals surface area contributed by atoms with Crippen molar-refractivity contribution in [2.75, 3.05) is 0 Å². The van der Waals surface area contributed by atoms with Crippen LogP contribution in [0.1, 0.15) is 50.0 Å². The molecular formula is C19H21ClN2O5. The average molecular weight is 393 g/mol. The largest absolute Gasteiger partial charge is 0.462 e. The third-order valence-electron chi connectivity index (χ3n) is 5.16. The molecule has 3 rings (SSSR count). The molecule has 0 aromatic heterocycles. The molecule has 1 heterocycles. The summed E-state index contributed by atoms with van der Waals surface area (Å²) in [4.78, 5) is 35.5. The summed E-state index contributed by atoms with van der Waals surface area (Å²) in [5.74, 6) is -2.27. The number of carbonyl (C=O) groups is 2. The second kappa shape index (κ2) is 8.08. The highest BCUT2D eigenvalue weighted by molar-refractivity contribution is 6.31. The molecule has 2 aliphatic rings. The van der Waals surface area contributed by atoms with Gasteiger partial charge in [0.1, 0.15) is 12.0 Å². The molecule has 8 heteroatoms. The molecule has 27 heavy (non-hydrogen) atoms. The number of rotatable bonds is 4. The van der Waals surface area contributed by atoms with Crippen LogP contribution in [-0.2, 0) is 14.3 Å². The van der Waals surface area contributed by atoms with E-state index in [2.05, 4.69) is 11.9 Å². The number of nitro benzene ring substituents is 1. The number of ether oxygens (including phenoxy) is 1. The molecule has 1 saturated carbocycles. The molecule has 1 aromatic carbocycles. The number of hydrogen-bond donors (Lipinski definition) is 1. The molecule has 1 aliphatic carbocycles. The Morgan fingerprint density at radius 3 is 2.67 bits per heavy atom. The Labute approximate surface area is 161 Å². The van der Waals surface area contributed by atoms with E-state index in [1.807, 2.05) is 0 Å². The fraction of sp³-hybridized carbons (Fsp3) is 0.474. The molecule has 1 aliphatic heterocycles. The van der Waals surface area contributed by atoms with Gasteiger partial charge in [-0.2, -0.15) is 0 Å². The molecular weight excluding hydrogens is 372 g/mol. The Morgan fingerprint density at radius 1 is 1.30 bits per heavy atom. The molecule has 7 nitrogen and oxygen atoms in total. The van der Waals surface area contributed by atoms with Gasteiger partial charge in [-0.05, 0) is 37.3 Å². The maximum absolute atomic E-state index is 12.9. The number of nitrogens with one attached hydrogen (secondary N) is 1. The Kier molecular flexibility index (Phi) is 5.79. The lowest BCUT2D eigenvalue weighted by molar-refractivity contribution is -0.384. The first kappa shape index (κ1) is 19.4. The van der Waals surface area contributed by atoms with Gasteiger partial charge in [0.2, 0.25) is 5.91 Å². The number of nitrogens with zero attached hydrogens (tertiary/aromatic N) is 1. The summed E-state index contributed by atoms with van der Waals surface area (Å²) in [5.41, 5.74) is 0.470. The summed E-state index contributed by atoms with van der Waals surface area (Å²) in [7, 11) is 0. The van der Waals surface area contributed by atoms with Crippen LogP contribution in [0, 0.1) is 16.0 Å². The van der Waals surface area contributed by atoms with Gasteiger partial charge < -0.3 is 10.1 Å². The summed E-state index contributed by atoms with van der Waals surface area (Å²) in [6.45, 7) is 3.81. The zero-order valence-electron chi connectivity index (χ0n) is 14.8. The van der Waals surface area contributed by atoms with Crippen molar-refractivity contribution < 1.29 is 19.2 Å². The predicted octanol–water partition coefficient (Wildman–Crippen LogP) is 3.86. The van der Waals surface area contributed by atoms with Crippen molar-refractivity contribution in [1.29, 1.82) is 0 Å². The summed E-state index contributed by atoms with van der Waals surface area (Å²) in [5, 5.41) is 14.0. The molecule has 0 bridgehead atoms. The van der Waals surface area contributed by atoms with Gasteiger partial charge >= 0.3 is 5.97 Å². The number of halogens is 1. The number of hydrogen-bond acceptors (Lipinski definition) is 5. The topological polar surface area (TPSA) is 98.5 Å². The molecule has 2 fully saturated rings. The maximum atomic E-state index is 12.9.